The maximum Gasteiger partial charge on any atom is 0.0508 e. The van der Waals surface area contributed by atoms with Crippen molar-refractivity contribution in [3.05, 3.63) is 59.2 Å². The molecule has 2 heterocycles. The fourth-order valence-electron chi connectivity index (χ4n) is 2.99. The first kappa shape index (κ1) is 11.4. The largest absolute Gasteiger partial charge is 0.261 e. The van der Waals surface area contributed by atoms with E-state index in [9.17, 15) is 0 Å². The van der Waals surface area contributed by atoms with E-state index >= 15 is 0 Å². The number of fused-ring (bicyclic) bond motifs is 1. The van der Waals surface area contributed by atoms with Crippen molar-refractivity contribution in [2.75, 3.05) is 0 Å². The van der Waals surface area contributed by atoms with Crippen molar-refractivity contribution in [2.45, 2.75) is 38.5 Å². The molecule has 1 aliphatic carbocycles. The van der Waals surface area contributed by atoms with Crippen LogP contribution in [0, 0.1) is 6.92 Å². The van der Waals surface area contributed by atoms with Crippen LogP contribution in [0.5, 0.6) is 0 Å². The first-order valence-corrected chi connectivity index (χ1v) is 6.63. The molecule has 18 heavy (non-hydrogen) atoms. The summed E-state index contributed by atoms with van der Waals surface area (Å²) in [6, 6.07) is 8.42. The molecular weight excluding hydrogens is 220 g/mol. The molecule has 2 nitrogen and oxygen atoms in total. The molecule has 0 saturated heterocycles. The Morgan fingerprint density at radius 3 is 2.50 bits per heavy atom. The van der Waals surface area contributed by atoms with Crippen LogP contribution in [0.25, 0.3) is 0 Å². The van der Waals surface area contributed by atoms with Crippen LogP contribution in [-0.2, 0) is 0 Å². The topological polar surface area (TPSA) is 25.8 Å². The second-order valence-electron chi connectivity index (χ2n) is 5.21. The monoisotopic (exact) mass is 238 g/mol. The summed E-state index contributed by atoms with van der Waals surface area (Å²) in [5.41, 5.74) is 5.14. The Hall–Kier alpha value is -1.70. The standard InChI is InChI=1S/C16H18N2/c1-11-5-3-9-17-15(11)14-8-7-12(2)16-13(14)6-4-10-18-16/h3-6,9-10,12,14H,7-8H2,1-2H3. The predicted octanol–water partition coefficient (Wildman–Crippen LogP) is 3.81. The third kappa shape index (κ3) is 1.82. The highest BCUT2D eigenvalue weighted by Gasteiger charge is 2.28. The molecular formula is C16H18N2. The molecule has 0 spiro atoms. The normalized spacial score (nSPS) is 22.6. The van der Waals surface area contributed by atoms with Gasteiger partial charge in [0.2, 0.25) is 0 Å². The molecule has 0 N–H and O–H groups in total. The molecule has 3 rings (SSSR count). The van der Waals surface area contributed by atoms with Gasteiger partial charge in [-0.15, -0.1) is 0 Å². The highest BCUT2D eigenvalue weighted by molar-refractivity contribution is 5.38. The number of hydrogen-bond donors (Lipinski definition) is 0. The maximum absolute atomic E-state index is 4.60. The minimum atomic E-state index is 0.422. The van der Waals surface area contributed by atoms with E-state index in [1.165, 1.54) is 35.4 Å². The summed E-state index contributed by atoms with van der Waals surface area (Å²) in [4.78, 5) is 9.18. The van der Waals surface area contributed by atoms with E-state index in [4.69, 9.17) is 0 Å². The van der Waals surface area contributed by atoms with E-state index in [-0.39, 0.29) is 0 Å². The molecule has 2 aromatic heterocycles. The minimum absolute atomic E-state index is 0.422. The summed E-state index contributed by atoms with van der Waals surface area (Å²) in [6.45, 7) is 4.42. The van der Waals surface area contributed by atoms with E-state index < -0.39 is 0 Å². The van der Waals surface area contributed by atoms with Crippen LogP contribution in [0.15, 0.2) is 36.7 Å². The molecule has 0 fully saturated rings. The lowest BCUT2D eigenvalue weighted by Gasteiger charge is -2.29. The van der Waals surface area contributed by atoms with Gasteiger partial charge < -0.3 is 0 Å². The first-order valence-electron chi connectivity index (χ1n) is 6.63. The van der Waals surface area contributed by atoms with Crippen LogP contribution >= 0.6 is 0 Å². The van der Waals surface area contributed by atoms with Gasteiger partial charge in [-0.25, -0.2) is 0 Å². The summed E-state index contributed by atoms with van der Waals surface area (Å²) in [6.07, 6.45) is 6.18. The molecule has 0 aromatic carbocycles. The molecule has 0 bridgehead atoms. The fourth-order valence-corrected chi connectivity index (χ4v) is 2.99. The zero-order chi connectivity index (χ0) is 12.5. The minimum Gasteiger partial charge on any atom is -0.261 e. The highest BCUT2D eigenvalue weighted by atomic mass is 14.7. The van der Waals surface area contributed by atoms with E-state index in [0.29, 0.717) is 11.8 Å². The van der Waals surface area contributed by atoms with Crippen LogP contribution in [0.4, 0.5) is 0 Å². The van der Waals surface area contributed by atoms with E-state index in [2.05, 4.69) is 35.9 Å². The third-order valence-electron chi connectivity index (χ3n) is 3.98. The van der Waals surface area contributed by atoms with Crippen molar-refractivity contribution >= 4 is 0 Å². The predicted molar refractivity (Wildman–Crippen MR) is 72.7 cm³/mol. The van der Waals surface area contributed by atoms with E-state index in [1.54, 1.807) is 0 Å². The molecule has 92 valence electrons. The van der Waals surface area contributed by atoms with Crippen molar-refractivity contribution in [2.24, 2.45) is 0 Å². The molecule has 0 radical (unpaired) electrons. The zero-order valence-corrected chi connectivity index (χ0v) is 10.9. The van der Waals surface area contributed by atoms with Gasteiger partial charge in [0.1, 0.15) is 0 Å². The van der Waals surface area contributed by atoms with Crippen LogP contribution in [0.3, 0.4) is 0 Å². The number of aryl methyl sites for hydroxylation is 1. The van der Waals surface area contributed by atoms with Gasteiger partial charge in [-0.3, -0.25) is 9.97 Å². The van der Waals surface area contributed by atoms with Crippen molar-refractivity contribution in [1.82, 2.24) is 9.97 Å². The highest BCUT2D eigenvalue weighted by Crippen LogP contribution is 2.40. The third-order valence-corrected chi connectivity index (χ3v) is 3.98. The number of rotatable bonds is 1. The quantitative estimate of drug-likeness (QED) is 0.755. The number of pyridine rings is 2. The van der Waals surface area contributed by atoms with Crippen LogP contribution < -0.4 is 0 Å². The Bertz CT molecular complexity index is 563. The van der Waals surface area contributed by atoms with Gasteiger partial charge in [-0.1, -0.05) is 19.1 Å². The van der Waals surface area contributed by atoms with Crippen molar-refractivity contribution in [3.8, 4) is 0 Å². The fraction of sp³-hybridized carbons (Fsp3) is 0.375. The Morgan fingerprint density at radius 1 is 1.00 bits per heavy atom. The maximum atomic E-state index is 4.60. The lowest BCUT2D eigenvalue weighted by atomic mass is 9.78. The van der Waals surface area contributed by atoms with Gasteiger partial charge in [-0.05, 0) is 48.9 Å². The molecule has 2 atom stereocenters. The van der Waals surface area contributed by atoms with Gasteiger partial charge >= 0.3 is 0 Å². The summed E-state index contributed by atoms with van der Waals surface area (Å²) >= 11 is 0. The van der Waals surface area contributed by atoms with Crippen LogP contribution in [-0.4, -0.2) is 9.97 Å². The summed E-state index contributed by atoms with van der Waals surface area (Å²) < 4.78 is 0. The van der Waals surface area contributed by atoms with E-state index in [0.717, 1.165) is 0 Å². The lowest BCUT2D eigenvalue weighted by molar-refractivity contribution is 0.524. The Balaban J connectivity index is 2.11. The molecule has 2 unspecified atom stereocenters. The molecule has 2 aromatic rings. The van der Waals surface area contributed by atoms with Crippen LogP contribution in [0.2, 0.25) is 0 Å². The van der Waals surface area contributed by atoms with E-state index in [1.807, 2.05) is 24.5 Å². The van der Waals surface area contributed by atoms with Crippen molar-refractivity contribution < 1.29 is 0 Å². The summed E-state index contributed by atoms with van der Waals surface area (Å²) in [7, 11) is 0. The smallest absolute Gasteiger partial charge is 0.0508 e. The van der Waals surface area contributed by atoms with Gasteiger partial charge in [0.15, 0.2) is 0 Å². The van der Waals surface area contributed by atoms with Gasteiger partial charge in [-0.2, -0.15) is 0 Å². The molecule has 0 amide bonds. The summed E-state index contributed by atoms with van der Waals surface area (Å²) in [5.74, 6) is 0.993. The molecule has 0 aliphatic heterocycles. The van der Waals surface area contributed by atoms with Gasteiger partial charge in [0, 0.05) is 24.0 Å². The average Bonchev–Trinajstić information content (AvgIpc) is 2.41. The van der Waals surface area contributed by atoms with Crippen molar-refractivity contribution in [1.29, 1.82) is 0 Å². The summed E-state index contributed by atoms with van der Waals surface area (Å²) in [5, 5.41) is 0. The number of nitrogens with zero attached hydrogens (tertiary/aromatic N) is 2. The lowest BCUT2D eigenvalue weighted by Crippen LogP contribution is -2.17. The second kappa shape index (κ2) is 4.52. The van der Waals surface area contributed by atoms with Gasteiger partial charge in [0.25, 0.3) is 0 Å². The first-order chi connectivity index (χ1) is 8.77. The van der Waals surface area contributed by atoms with Gasteiger partial charge in [0.05, 0.1) is 5.69 Å². The number of hydrogen-bond acceptors (Lipinski definition) is 2. The Labute approximate surface area is 108 Å². The Morgan fingerprint density at radius 2 is 1.72 bits per heavy atom. The molecule has 1 aliphatic rings. The van der Waals surface area contributed by atoms with Crippen molar-refractivity contribution in [3.63, 3.8) is 0 Å². The molecule has 0 saturated carbocycles. The van der Waals surface area contributed by atoms with Crippen LogP contribution in [0.1, 0.15) is 54.1 Å². The number of aromatic nitrogens is 2. The molecule has 2 heteroatoms. The Kier molecular flexibility index (Phi) is 2.86. The zero-order valence-electron chi connectivity index (χ0n) is 10.9. The average molecular weight is 238 g/mol. The second-order valence-corrected chi connectivity index (χ2v) is 5.21. The SMILES string of the molecule is Cc1cccnc1C1CCC(C)c2ncccc21.